The van der Waals surface area contributed by atoms with Crippen LogP contribution >= 0.6 is 0 Å². The minimum absolute atomic E-state index is 0.194. The molecule has 2 rings (SSSR count). The summed E-state index contributed by atoms with van der Waals surface area (Å²) < 4.78 is 39.8. The highest BCUT2D eigenvalue weighted by Crippen LogP contribution is 2.26. The molecule has 2 amide bonds. The molecule has 0 aromatic heterocycles. The highest BCUT2D eigenvalue weighted by molar-refractivity contribution is 7.79. The highest BCUT2D eigenvalue weighted by Gasteiger charge is 2.15. The van der Waals surface area contributed by atoms with Gasteiger partial charge in [0.1, 0.15) is 0 Å². The molecule has 116 valence electrons. The number of amides is 2. The zero-order valence-electron chi connectivity index (χ0n) is 11.1. The molecule has 22 heavy (non-hydrogen) atoms. The lowest BCUT2D eigenvalue weighted by atomic mass is 10.2. The van der Waals surface area contributed by atoms with Crippen molar-refractivity contribution in [2.24, 2.45) is 5.73 Å². The molecule has 0 aliphatic heterocycles. The van der Waals surface area contributed by atoms with E-state index in [2.05, 4.69) is 0 Å². The molecule has 0 bridgehead atoms. The predicted octanol–water partition coefficient (Wildman–Crippen LogP) is 2.06. The van der Waals surface area contributed by atoms with Crippen molar-refractivity contribution in [3.8, 4) is 0 Å². The summed E-state index contributed by atoms with van der Waals surface area (Å²) in [6, 6.07) is 10.8. The number of anilines is 2. The Morgan fingerprint density at radius 3 is 1.36 bits per heavy atom. The second-order valence-electron chi connectivity index (χ2n) is 4.16. The van der Waals surface area contributed by atoms with E-state index in [-0.39, 0.29) is 9.79 Å². The van der Waals surface area contributed by atoms with Gasteiger partial charge in [-0.05, 0) is 48.5 Å². The number of primary amides is 1. The average molecular weight is 340 g/mol. The van der Waals surface area contributed by atoms with Crippen molar-refractivity contribution in [1.82, 2.24) is 0 Å². The molecule has 2 unspecified atom stereocenters. The monoisotopic (exact) mass is 340 g/mol. The van der Waals surface area contributed by atoms with Crippen LogP contribution in [0.1, 0.15) is 0 Å². The summed E-state index contributed by atoms with van der Waals surface area (Å²) in [7, 11) is 0. The van der Waals surface area contributed by atoms with E-state index >= 15 is 0 Å². The number of carbonyl (C=O) groups excluding carboxylic acids is 1. The van der Waals surface area contributed by atoms with E-state index in [9.17, 15) is 13.2 Å². The number of nitrogens with zero attached hydrogens (tertiary/aromatic N) is 1. The summed E-state index contributed by atoms with van der Waals surface area (Å²) in [5.41, 5.74) is 6.17. The largest absolute Gasteiger partial charge is 0.351 e. The van der Waals surface area contributed by atoms with Gasteiger partial charge in [-0.3, -0.25) is 4.90 Å². The number of hydrogen-bond acceptors (Lipinski definition) is 3. The molecule has 9 heteroatoms. The fourth-order valence-electron chi connectivity index (χ4n) is 1.83. The van der Waals surface area contributed by atoms with E-state index in [1.165, 1.54) is 53.4 Å². The zero-order chi connectivity index (χ0) is 16.3. The predicted molar refractivity (Wildman–Crippen MR) is 82.7 cm³/mol. The Kier molecular flexibility index (Phi) is 5.03. The Morgan fingerprint density at radius 2 is 1.14 bits per heavy atom. The van der Waals surface area contributed by atoms with Crippen LogP contribution in [0.2, 0.25) is 0 Å². The molecule has 0 heterocycles. The summed E-state index contributed by atoms with van der Waals surface area (Å²) in [5.74, 6) is 0. The van der Waals surface area contributed by atoms with Crippen molar-refractivity contribution in [3.05, 3.63) is 48.5 Å². The molecule has 2 atom stereocenters. The minimum atomic E-state index is -2.11. The van der Waals surface area contributed by atoms with Crippen molar-refractivity contribution in [2.45, 2.75) is 9.79 Å². The Morgan fingerprint density at radius 1 is 0.818 bits per heavy atom. The first-order valence-corrected chi connectivity index (χ1v) is 8.13. The maximum atomic E-state index is 11.7. The zero-order valence-corrected chi connectivity index (χ0v) is 12.7. The molecule has 4 N–H and O–H groups in total. The molecule has 0 aliphatic carbocycles. The molecule has 2 aromatic carbocycles. The topological polar surface area (TPSA) is 121 Å². The molecule has 0 fully saturated rings. The Hall–Kier alpha value is -2.07. The second-order valence-corrected chi connectivity index (χ2v) is 6.10. The van der Waals surface area contributed by atoms with Crippen LogP contribution in [0.3, 0.4) is 0 Å². The van der Waals surface area contributed by atoms with Crippen LogP contribution in [0.15, 0.2) is 58.3 Å². The molecule has 2 aromatic rings. The van der Waals surface area contributed by atoms with E-state index in [0.717, 1.165) is 0 Å². The molecule has 7 nitrogen and oxygen atoms in total. The van der Waals surface area contributed by atoms with Gasteiger partial charge in [0, 0.05) is 0 Å². The van der Waals surface area contributed by atoms with E-state index < -0.39 is 28.2 Å². The van der Waals surface area contributed by atoms with Gasteiger partial charge in [0.2, 0.25) is 0 Å². The SMILES string of the molecule is NC(=O)N(c1ccc(S(=O)O)cc1)c1ccc(S(=O)O)cc1. The Labute approximate surface area is 131 Å². The number of rotatable bonds is 4. The van der Waals surface area contributed by atoms with Crippen molar-refractivity contribution < 1.29 is 22.3 Å². The average Bonchev–Trinajstić information content (AvgIpc) is 2.48. The van der Waals surface area contributed by atoms with Crippen molar-refractivity contribution in [3.63, 3.8) is 0 Å². The lowest BCUT2D eigenvalue weighted by molar-refractivity contribution is 0.256. The van der Waals surface area contributed by atoms with Gasteiger partial charge in [0.15, 0.2) is 22.2 Å². The van der Waals surface area contributed by atoms with Crippen LogP contribution in [0.4, 0.5) is 16.2 Å². The highest BCUT2D eigenvalue weighted by atomic mass is 32.2. The summed E-state index contributed by atoms with van der Waals surface area (Å²) in [5, 5.41) is 0. The van der Waals surface area contributed by atoms with Crippen molar-refractivity contribution in [1.29, 1.82) is 0 Å². The third-order valence-corrected chi connectivity index (χ3v) is 4.16. The number of carbonyl (C=O) groups is 1. The van der Waals surface area contributed by atoms with Gasteiger partial charge in [-0.15, -0.1) is 0 Å². The van der Waals surface area contributed by atoms with E-state index in [0.29, 0.717) is 11.4 Å². The molecular weight excluding hydrogens is 328 g/mol. The van der Waals surface area contributed by atoms with E-state index in [1.807, 2.05) is 0 Å². The van der Waals surface area contributed by atoms with Crippen molar-refractivity contribution in [2.75, 3.05) is 4.90 Å². The fraction of sp³-hybridized carbons (Fsp3) is 0. The lowest BCUT2D eigenvalue weighted by Crippen LogP contribution is -2.31. The number of nitrogens with two attached hydrogens (primary N) is 1. The molecule has 0 spiro atoms. The summed E-state index contributed by atoms with van der Waals surface area (Å²) in [6.45, 7) is 0. The maximum Gasteiger partial charge on any atom is 0.323 e. The van der Waals surface area contributed by atoms with E-state index in [1.54, 1.807) is 0 Å². The first-order valence-electron chi connectivity index (χ1n) is 5.91. The van der Waals surface area contributed by atoms with Crippen LogP contribution in [-0.2, 0) is 22.2 Å². The Balaban J connectivity index is 2.39. The van der Waals surface area contributed by atoms with Gasteiger partial charge in [0.05, 0.1) is 21.2 Å². The molecular formula is C13H12N2O5S2. The number of urea groups is 1. The Bertz CT molecular complexity index is 674. The minimum Gasteiger partial charge on any atom is -0.351 e. The third kappa shape index (κ3) is 3.57. The smallest absolute Gasteiger partial charge is 0.323 e. The third-order valence-electron chi connectivity index (χ3n) is 2.81. The normalized spacial score (nSPS) is 13.4. The summed E-state index contributed by atoms with van der Waals surface area (Å²) in [4.78, 5) is 13.2. The fourth-order valence-corrected chi connectivity index (χ4v) is 2.56. The van der Waals surface area contributed by atoms with Crippen LogP contribution in [0.5, 0.6) is 0 Å². The van der Waals surface area contributed by atoms with Crippen LogP contribution < -0.4 is 10.6 Å². The molecule has 0 saturated carbocycles. The summed E-state index contributed by atoms with van der Waals surface area (Å²) in [6.07, 6.45) is 0. The maximum absolute atomic E-state index is 11.7. The van der Waals surface area contributed by atoms with Gasteiger partial charge in [-0.2, -0.15) is 0 Å². The van der Waals surface area contributed by atoms with Crippen LogP contribution in [0.25, 0.3) is 0 Å². The van der Waals surface area contributed by atoms with Gasteiger partial charge >= 0.3 is 6.03 Å². The van der Waals surface area contributed by atoms with E-state index in [4.69, 9.17) is 14.8 Å². The van der Waals surface area contributed by atoms with Crippen molar-refractivity contribution >= 4 is 39.6 Å². The number of benzene rings is 2. The first kappa shape index (κ1) is 16.3. The second kappa shape index (κ2) is 6.79. The quantitative estimate of drug-likeness (QED) is 0.736. The van der Waals surface area contributed by atoms with Crippen LogP contribution in [0, 0.1) is 0 Å². The lowest BCUT2D eigenvalue weighted by Gasteiger charge is -2.21. The van der Waals surface area contributed by atoms with Gasteiger partial charge in [0.25, 0.3) is 0 Å². The summed E-state index contributed by atoms with van der Waals surface area (Å²) >= 11 is -4.22. The van der Waals surface area contributed by atoms with Gasteiger partial charge in [-0.1, -0.05) is 0 Å². The van der Waals surface area contributed by atoms with Gasteiger partial charge in [-0.25, -0.2) is 13.2 Å². The van der Waals surface area contributed by atoms with Crippen LogP contribution in [-0.4, -0.2) is 23.6 Å². The molecule has 0 saturated heterocycles. The molecule has 0 aliphatic rings. The first-order chi connectivity index (χ1) is 10.4. The van der Waals surface area contributed by atoms with Gasteiger partial charge < -0.3 is 14.8 Å². The standard InChI is InChI=1S/C13H12N2O5S2/c14-13(16)15(9-1-5-11(6-2-9)21(17)18)10-3-7-12(8-4-10)22(19)20/h1-8H,(H2,14,16)(H,17,18)(H,19,20). The molecule has 0 radical (unpaired) electrons. The number of hydrogen-bond donors (Lipinski definition) is 3.